The number of nitrogens with zero attached hydrogens (tertiary/aromatic N) is 5. The third kappa shape index (κ3) is 2.95. The van der Waals surface area contributed by atoms with E-state index in [9.17, 15) is 9.18 Å². The van der Waals surface area contributed by atoms with Gasteiger partial charge in [-0.05, 0) is 31.0 Å². The molecule has 9 nitrogen and oxygen atoms in total. The predicted molar refractivity (Wildman–Crippen MR) is 116 cm³/mol. The molecule has 0 spiro atoms. The number of imidazole rings is 1. The standard InChI is InChI=1S/C22H20FN7O2/c1-3-10-32-20-19-25-8-9-30(19)11-14(26-20)17-27-16(24)15-18(28-17)29-21(31)22(15,2)12-4-6-13(23)7-5-12/h4-9,11H,3,10H2,1-2H3,(H3,24,27,28,29,31)/t22-/m1/s1. The van der Waals surface area contributed by atoms with Crippen molar-refractivity contribution < 1.29 is 13.9 Å². The van der Waals surface area contributed by atoms with Crippen LogP contribution in [-0.4, -0.2) is 36.9 Å². The Balaban J connectivity index is 1.63. The molecule has 10 heteroatoms. The number of anilines is 2. The van der Waals surface area contributed by atoms with E-state index in [0.29, 0.717) is 40.8 Å². The van der Waals surface area contributed by atoms with E-state index in [1.54, 1.807) is 42.0 Å². The average Bonchev–Trinajstić information content (AvgIpc) is 3.35. The van der Waals surface area contributed by atoms with Crippen LogP contribution in [0.25, 0.3) is 17.2 Å². The number of nitrogens with one attached hydrogen (secondary N) is 1. The number of benzene rings is 1. The van der Waals surface area contributed by atoms with Gasteiger partial charge in [0.2, 0.25) is 11.6 Å². The van der Waals surface area contributed by atoms with Crippen molar-refractivity contribution in [3.63, 3.8) is 0 Å². The second-order valence-corrected chi connectivity index (χ2v) is 7.68. The monoisotopic (exact) mass is 433 g/mol. The van der Waals surface area contributed by atoms with E-state index < -0.39 is 11.2 Å². The van der Waals surface area contributed by atoms with Crippen LogP contribution >= 0.6 is 0 Å². The van der Waals surface area contributed by atoms with Crippen molar-refractivity contribution in [2.24, 2.45) is 0 Å². The van der Waals surface area contributed by atoms with Crippen LogP contribution in [0.15, 0.2) is 42.9 Å². The van der Waals surface area contributed by atoms with Crippen molar-refractivity contribution >= 4 is 23.2 Å². The number of aromatic nitrogens is 5. The topological polar surface area (TPSA) is 120 Å². The summed E-state index contributed by atoms with van der Waals surface area (Å²) in [5.74, 6) is 0.325. The third-order valence-electron chi connectivity index (χ3n) is 5.56. The van der Waals surface area contributed by atoms with E-state index in [1.165, 1.54) is 12.1 Å². The fourth-order valence-corrected chi connectivity index (χ4v) is 3.89. The predicted octanol–water partition coefficient (Wildman–Crippen LogP) is 2.95. The molecule has 1 aliphatic heterocycles. The number of hydrogen-bond donors (Lipinski definition) is 2. The number of nitrogen functional groups attached to an aromatic ring is 1. The lowest BCUT2D eigenvalue weighted by Gasteiger charge is -2.23. The second kappa shape index (κ2) is 7.26. The molecule has 1 aliphatic rings. The van der Waals surface area contributed by atoms with Gasteiger partial charge in [0.05, 0.1) is 12.2 Å². The van der Waals surface area contributed by atoms with E-state index in [4.69, 9.17) is 10.5 Å². The van der Waals surface area contributed by atoms with Crippen LogP contribution < -0.4 is 15.8 Å². The highest BCUT2D eigenvalue weighted by Crippen LogP contribution is 2.44. The number of hydrogen-bond acceptors (Lipinski definition) is 7. The number of nitrogens with two attached hydrogens (primary N) is 1. The maximum atomic E-state index is 13.4. The molecule has 0 unspecified atom stereocenters. The van der Waals surface area contributed by atoms with Gasteiger partial charge < -0.3 is 20.2 Å². The molecule has 5 rings (SSSR count). The van der Waals surface area contributed by atoms with Crippen molar-refractivity contribution in [2.75, 3.05) is 17.7 Å². The summed E-state index contributed by atoms with van der Waals surface area (Å²) in [7, 11) is 0. The molecule has 1 amide bonds. The SMILES string of the molecule is CCCOc1nc(-c2nc(N)c3c(n2)NC(=O)[C@]3(C)c2ccc(F)cc2)cn2ccnc12. The first-order valence-electron chi connectivity index (χ1n) is 10.1. The molecule has 1 atom stereocenters. The van der Waals surface area contributed by atoms with Crippen LogP contribution in [0.1, 0.15) is 31.4 Å². The summed E-state index contributed by atoms with van der Waals surface area (Å²) in [5.41, 5.74) is 7.21. The minimum atomic E-state index is -1.15. The van der Waals surface area contributed by atoms with Crippen molar-refractivity contribution in [1.29, 1.82) is 0 Å². The van der Waals surface area contributed by atoms with Gasteiger partial charge in [-0.2, -0.15) is 0 Å². The largest absolute Gasteiger partial charge is 0.475 e. The van der Waals surface area contributed by atoms with E-state index in [0.717, 1.165) is 6.42 Å². The van der Waals surface area contributed by atoms with E-state index in [1.807, 2.05) is 6.92 Å². The minimum Gasteiger partial charge on any atom is -0.475 e. The number of ether oxygens (including phenoxy) is 1. The van der Waals surface area contributed by atoms with Gasteiger partial charge >= 0.3 is 0 Å². The van der Waals surface area contributed by atoms with Crippen molar-refractivity contribution in [1.82, 2.24) is 24.3 Å². The maximum absolute atomic E-state index is 13.4. The Hall–Kier alpha value is -4.08. The Morgan fingerprint density at radius 1 is 1.22 bits per heavy atom. The average molecular weight is 433 g/mol. The Morgan fingerprint density at radius 2 is 2.00 bits per heavy atom. The van der Waals surface area contributed by atoms with Gasteiger partial charge in [0, 0.05) is 18.6 Å². The Morgan fingerprint density at radius 3 is 2.75 bits per heavy atom. The van der Waals surface area contributed by atoms with E-state index in [-0.39, 0.29) is 17.5 Å². The fraction of sp³-hybridized carbons (Fsp3) is 0.227. The second-order valence-electron chi connectivity index (χ2n) is 7.68. The lowest BCUT2D eigenvalue weighted by molar-refractivity contribution is -0.119. The van der Waals surface area contributed by atoms with Crippen molar-refractivity contribution in [3.8, 4) is 17.4 Å². The molecule has 162 valence electrons. The van der Waals surface area contributed by atoms with Gasteiger partial charge in [-0.15, -0.1) is 0 Å². The molecule has 0 fully saturated rings. The number of rotatable bonds is 5. The van der Waals surface area contributed by atoms with Gasteiger partial charge in [0.15, 0.2) is 5.82 Å². The number of carbonyl (C=O) groups excluding carboxylic acids is 1. The van der Waals surface area contributed by atoms with Crippen LogP contribution in [0.5, 0.6) is 5.88 Å². The molecule has 4 aromatic rings. The molecule has 0 saturated heterocycles. The van der Waals surface area contributed by atoms with E-state index >= 15 is 0 Å². The molecule has 0 saturated carbocycles. The summed E-state index contributed by atoms with van der Waals surface area (Å²) in [6.07, 6.45) is 5.95. The summed E-state index contributed by atoms with van der Waals surface area (Å²) in [6.45, 7) is 4.20. The van der Waals surface area contributed by atoms with Gasteiger partial charge in [0.25, 0.3) is 5.88 Å². The third-order valence-corrected chi connectivity index (χ3v) is 5.56. The first kappa shape index (κ1) is 19.9. The van der Waals surface area contributed by atoms with Crippen LogP contribution in [0.3, 0.4) is 0 Å². The van der Waals surface area contributed by atoms with Crippen LogP contribution in [0, 0.1) is 5.82 Å². The van der Waals surface area contributed by atoms with E-state index in [2.05, 4.69) is 25.3 Å². The summed E-state index contributed by atoms with van der Waals surface area (Å²) >= 11 is 0. The molecule has 3 aromatic heterocycles. The molecule has 3 N–H and O–H groups in total. The van der Waals surface area contributed by atoms with Crippen LogP contribution in [-0.2, 0) is 10.2 Å². The zero-order chi connectivity index (χ0) is 22.5. The molecular formula is C22H20FN7O2. The van der Waals surface area contributed by atoms with Gasteiger partial charge in [-0.25, -0.2) is 24.3 Å². The Bertz CT molecular complexity index is 1350. The van der Waals surface area contributed by atoms with Gasteiger partial charge in [-0.1, -0.05) is 19.1 Å². The van der Waals surface area contributed by atoms with Crippen LogP contribution in [0.4, 0.5) is 16.0 Å². The maximum Gasteiger partial charge on any atom is 0.259 e. The van der Waals surface area contributed by atoms with Gasteiger partial charge in [-0.3, -0.25) is 4.79 Å². The summed E-state index contributed by atoms with van der Waals surface area (Å²) < 4.78 is 20.9. The van der Waals surface area contributed by atoms with Crippen molar-refractivity contribution in [3.05, 3.63) is 59.8 Å². The summed E-state index contributed by atoms with van der Waals surface area (Å²) in [6, 6.07) is 5.73. The molecule has 0 aliphatic carbocycles. The number of carbonyl (C=O) groups is 1. The number of fused-ring (bicyclic) bond motifs is 2. The zero-order valence-corrected chi connectivity index (χ0v) is 17.5. The normalized spacial score (nSPS) is 17.4. The van der Waals surface area contributed by atoms with Gasteiger partial charge in [0.1, 0.15) is 28.6 Å². The quantitative estimate of drug-likeness (QED) is 0.496. The zero-order valence-electron chi connectivity index (χ0n) is 17.5. The Kier molecular flexibility index (Phi) is 4.50. The highest BCUT2D eigenvalue weighted by atomic mass is 19.1. The summed E-state index contributed by atoms with van der Waals surface area (Å²) in [5, 5.41) is 2.79. The summed E-state index contributed by atoms with van der Waals surface area (Å²) in [4.78, 5) is 30.8. The highest BCUT2D eigenvalue weighted by molar-refractivity contribution is 6.09. The van der Waals surface area contributed by atoms with Crippen LogP contribution in [0.2, 0.25) is 0 Å². The molecule has 32 heavy (non-hydrogen) atoms. The molecule has 4 heterocycles. The fourth-order valence-electron chi connectivity index (χ4n) is 3.89. The smallest absolute Gasteiger partial charge is 0.259 e. The molecular weight excluding hydrogens is 413 g/mol. The molecule has 0 radical (unpaired) electrons. The first-order valence-corrected chi connectivity index (χ1v) is 10.1. The first-order chi connectivity index (χ1) is 15.4. The number of halogens is 1. The molecule has 0 bridgehead atoms. The highest BCUT2D eigenvalue weighted by Gasteiger charge is 2.47. The lowest BCUT2D eigenvalue weighted by atomic mass is 9.78. The van der Waals surface area contributed by atoms with Crippen molar-refractivity contribution in [2.45, 2.75) is 25.7 Å². The Labute approximate surface area is 182 Å². The lowest BCUT2D eigenvalue weighted by Crippen LogP contribution is -2.33. The molecule has 1 aromatic carbocycles. The number of amides is 1. The minimum absolute atomic E-state index is 0.138.